The lowest BCUT2D eigenvalue weighted by atomic mass is 10.1. The number of nitrogens with zero attached hydrogens (tertiary/aromatic N) is 1. The fourth-order valence-corrected chi connectivity index (χ4v) is 2.77. The van der Waals surface area contributed by atoms with Crippen LogP contribution in [0.3, 0.4) is 0 Å². The maximum absolute atomic E-state index is 11.9. The van der Waals surface area contributed by atoms with E-state index in [-0.39, 0.29) is 12.4 Å². The average molecular weight is 345 g/mol. The monoisotopic (exact) mass is 344 g/mol. The number of rotatable bonds is 15. The minimum absolute atomic E-state index is 0.126. The third-order valence-electron chi connectivity index (χ3n) is 3.94. The lowest BCUT2D eigenvalue weighted by Gasteiger charge is -2.28. The van der Waals surface area contributed by atoms with Crippen molar-refractivity contribution in [2.75, 3.05) is 27.7 Å². The van der Waals surface area contributed by atoms with E-state index in [2.05, 4.69) is 6.92 Å². The van der Waals surface area contributed by atoms with Crippen LogP contribution in [0.2, 0.25) is 0 Å². The topological polar surface area (TPSA) is 63.6 Å². The van der Waals surface area contributed by atoms with E-state index in [0.717, 1.165) is 19.3 Å². The van der Waals surface area contributed by atoms with E-state index in [4.69, 9.17) is 9.84 Å². The molecule has 0 aliphatic rings. The van der Waals surface area contributed by atoms with Crippen LogP contribution in [-0.2, 0) is 14.3 Å². The maximum Gasteiger partial charge on any atom is 0.307 e. The number of carbonyl (C=O) groups excluding carboxylic acids is 1. The van der Waals surface area contributed by atoms with Crippen molar-refractivity contribution in [2.24, 2.45) is 0 Å². The number of carboxylic acid groups (broad SMARTS) is 1. The lowest BCUT2D eigenvalue weighted by Crippen LogP contribution is -2.43. The summed E-state index contributed by atoms with van der Waals surface area (Å²) in [4.78, 5) is 22.8. The van der Waals surface area contributed by atoms with Gasteiger partial charge < -0.3 is 14.3 Å². The van der Waals surface area contributed by atoms with Gasteiger partial charge in [-0.1, -0.05) is 58.3 Å². The van der Waals surface area contributed by atoms with E-state index in [9.17, 15) is 9.59 Å². The van der Waals surface area contributed by atoms with Crippen molar-refractivity contribution in [3.05, 3.63) is 0 Å². The second kappa shape index (κ2) is 13.2. The normalized spacial score (nSPS) is 12.8. The Hall–Kier alpha value is -1.10. The number of aliphatic carboxylic acids is 1. The first-order valence-electron chi connectivity index (χ1n) is 9.46. The molecule has 0 heterocycles. The largest absolute Gasteiger partial charge is 0.481 e. The summed E-state index contributed by atoms with van der Waals surface area (Å²) in [6, 6.07) is 0. The van der Waals surface area contributed by atoms with E-state index in [1.54, 1.807) is 0 Å². The maximum atomic E-state index is 11.9. The van der Waals surface area contributed by atoms with Gasteiger partial charge in [0.05, 0.1) is 27.6 Å². The van der Waals surface area contributed by atoms with Crippen molar-refractivity contribution < 1.29 is 23.9 Å². The van der Waals surface area contributed by atoms with Gasteiger partial charge in [0.15, 0.2) is 6.10 Å². The average Bonchev–Trinajstić information content (AvgIpc) is 2.42. The Labute approximate surface area is 148 Å². The van der Waals surface area contributed by atoms with Crippen LogP contribution in [0.5, 0.6) is 0 Å². The number of hydrogen-bond donors (Lipinski definition) is 1. The number of hydrogen-bond acceptors (Lipinski definition) is 3. The van der Waals surface area contributed by atoms with E-state index >= 15 is 0 Å². The predicted molar refractivity (Wildman–Crippen MR) is 96.9 cm³/mol. The van der Waals surface area contributed by atoms with Crippen LogP contribution in [0.4, 0.5) is 0 Å². The highest BCUT2D eigenvalue weighted by Crippen LogP contribution is 2.12. The van der Waals surface area contributed by atoms with Crippen molar-refractivity contribution in [1.82, 2.24) is 0 Å². The predicted octanol–water partition coefficient (Wildman–Crippen LogP) is 4.00. The van der Waals surface area contributed by atoms with Gasteiger partial charge in [0.1, 0.15) is 6.54 Å². The number of unbranched alkanes of at least 4 members (excludes halogenated alkanes) is 8. The fourth-order valence-electron chi connectivity index (χ4n) is 2.77. The summed E-state index contributed by atoms with van der Waals surface area (Å²) >= 11 is 0. The highest BCUT2D eigenvalue weighted by molar-refractivity contribution is 5.71. The molecule has 5 nitrogen and oxygen atoms in total. The van der Waals surface area contributed by atoms with Gasteiger partial charge in [-0.25, -0.2) is 0 Å². The van der Waals surface area contributed by atoms with Crippen molar-refractivity contribution in [3.8, 4) is 0 Å². The molecular weight excluding hydrogens is 306 g/mol. The van der Waals surface area contributed by atoms with Crippen molar-refractivity contribution in [2.45, 2.75) is 83.7 Å². The SMILES string of the molecule is CCCCCCCCCCCC(=O)O[C@H](CC(=O)O)C[N+](C)(C)C. The summed E-state index contributed by atoms with van der Waals surface area (Å²) in [5.41, 5.74) is 0. The molecule has 0 amide bonds. The molecule has 1 N–H and O–H groups in total. The Morgan fingerprint density at radius 3 is 1.88 bits per heavy atom. The molecule has 0 aromatic carbocycles. The van der Waals surface area contributed by atoms with Gasteiger partial charge in [0.2, 0.25) is 0 Å². The molecule has 5 heteroatoms. The third-order valence-corrected chi connectivity index (χ3v) is 3.94. The molecular formula is C19H38NO4+. The summed E-state index contributed by atoms with van der Waals surface area (Å²) in [7, 11) is 5.88. The van der Waals surface area contributed by atoms with Gasteiger partial charge in [0.25, 0.3) is 0 Å². The first-order valence-corrected chi connectivity index (χ1v) is 9.46. The Kier molecular flexibility index (Phi) is 12.6. The minimum Gasteiger partial charge on any atom is -0.481 e. The molecule has 0 fully saturated rings. The van der Waals surface area contributed by atoms with Crippen molar-refractivity contribution in [3.63, 3.8) is 0 Å². The highest BCUT2D eigenvalue weighted by atomic mass is 16.5. The van der Waals surface area contributed by atoms with E-state index in [1.165, 1.54) is 38.5 Å². The second-order valence-electron chi connectivity index (χ2n) is 7.76. The molecule has 0 spiro atoms. The van der Waals surface area contributed by atoms with Gasteiger partial charge >= 0.3 is 11.9 Å². The molecule has 24 heavy (non-hydrogen) atoms. The lowest BCUT2D eigenvalue weighted by molar-refractivity contribution is -0.873. The Balaban J connectivity index is 3.82. The third kappa shape index (κ3) is 15.8. The standard InChI is InChI=1S/C19H37NO4/c1-5-6-7-8-9-10-11-12-13-14-19(23)24-17(15-18(21)22)16-20(2,3)4/h17H,5-16H2,1-4H3/p+1/t17-/m1/s1. The molecule has 0 aromatic rings. The number of esters is 1. The van der Waals surface area contributed by atoms with Gasteiger partial charge in [-0.15, -0.1) is 0 Å². The number of likely N-dealkylation sites (N-methyl/N-ethyl adjacent to an activating group) is 1. The molecule has 0 aliphatic carbocycles. The van der Waals surface area contributed by atoms with Crippen LogP contribution < -0.4 is 0 Å². The molecule has 0 aromatic heterocycles. The quantitative estimate of drug-likeness (QED) is 0.277. The van der Waals surface area contributed by atoms with Gasteiger partial charge in [-0.2, -0.15) is 0 Å². The number of quaternary nitrogens is 1. The zero-order chi connectivity index (χ0) is 18.4. The summed E-state index contributed by atoms with van der Waals surface area (Å²) in [5, 5.41) is 8.95. The molecule has 0 bridgehead atoms. The Morgan fingerprint density at radius 2 is 1.42 bits per heavy atom. The minimum atomic E-state index is -0.927. The first-order chi connectivity index (χ1) is 11.2. The van der Waals surface area contributed by atoms with Crippen LogP contribution in [0.15, 0.2) is 0 Å². The molecule has 0 radical (unpaired) electrons. The zero-order valence-corrected chi connectivity index (χ0v) is 16.2. The number of carboxylic acids is 1. The molecule has 0 unspecified atom stereocenters. The number of ether oxygens (including phenoxy) is 1. The zero-order valence-electron chi connectivity index (χ0n) is 16.2. The van der Waals surface area contributed by atoms with E-state index in [0.29, 0.717) is 17.4 Å². The molecule has 0 rings (SSSR count). The highest BCUT2D eigenvalue weighted by Gasteiger charge is 2.24. The van der Waals surface area contributed by atoms with Crippen molar-refractivity contribution in [1.29, 1.82) is 0 Å². The second-order valence-corrected chi connectivity index (χ2v) is 7.76. The summed E-state index contributed by atoms with van der Waals surface area (Å²) in [6.45, 7) is 2.73. The van der Waals surface area contributed by atoms with Crippen molar-refractivity contribution >= 4 is 11.9 Å². The van der Waals surface area contributed by atoms with E-state index in [1.807, 2.05) is 21.1 Å². The van der Waals surface area contributed by atoms with Crippen LogP contribution in [0.25, 0.3) is 0 Å². The van der Waals surface area contributed by atoms with Gasteiger partial charge in [-0.3, -0.25) is 9.59 Å². The van der Waals surface area contributed by atoms with E-state index < -0.39 is 12.1 Å². The number of carbonyl (C=O) groups is 2. The van der Waals surface area contributed by atoms with Crippen LogP contribution in [-0.4, -0.2) is 55.3 Å². The first kappa shape index (κ1) is 22.9. The Morgan fingerprint density at radius 1 is 0.917 bits per heavy atom. The molecule has 0 aliphatic heterocycles. The molecule has 1 atom stereocenters. The van der Waals surface area contributed by atoms with Gasteiger partial charge in [0, 0.05) is 6.42 Å². The molecule has 0 saturated carbocycles. The molecule has 0 saturated heterocycles. The Bertz CT molecular complexity index is 350. The molecule has 142 valence electrons. The van der Waals surface area contributed by atoms with Crippen LogP contribution in [0.1, 0.15) is 77.6 Å². The summed E-state index contributed by atoms with van der Waals surface area (Å²) in [5.74, 6) is -1.19. The van der Waals surface area contributed by atoms with Crippen LogP contribution >= 0.6 is 0 Å². The van der Waals surface area contributed by atoms with Crippen LogP contribution in [0, 0.1) is 0 Å². The smallest absolute Gasteiger partial charge is 0.307 e. The summed E-state index contributed by atoms with van der Waals surface area (Å²) < 4.78 is 5.95. The summed E-state index contributed by atoms with van der Waals surface area (Å²) in [6.07, 6.45) is 10.5. The van der Waals surface area contributed by atoms with Gasteiger partial charge in [-0.05, 0) is 6.42 Å². The fraction of sp³-hybridized carbons (Fsp3) is 0.895.